The van der Waals surface area contributed by atoms with Crippen LogP contribution in [0.2, 0.25) is 0 Å². The van der Waals surface area contributed by atoms with Crippen molar-refractivity contribution in [2.45, 2.75) is 64.2 Å². The molecular weight excluding hydrogens is 276 g/mol. The van der Waals surface area contributed by atoms with E-state index in [9.17, 15) is 0 Å². The van der Waals surface area contributed by atoms with Gasteiger partial charge < -0.3 is 14.4 Å². The van der Waals surface area contributed by atoms with E-state index < -0.39 is 0 Å². The lowest BCUT2D eigenvalue weighted by Gasteiger charge is -2.46. The van der Waals surface area contributed by atoms with Crippen LogP contribution in [0.4, 0.5) is 0 Å². The smallest absolute Gasteiger partial charge is 0.0935 e. The van der Waals surface area contributed by atoms with E-state index in [1.54, 1.807) is 0 Å². The molecule has 0 spiro atoms. The Hall–Kier alpha value is -0.160. The highest BCUT2D eigenvalue weighted by Crippen LogP contribution is 2.32. The Morgan fingerprint density at radius 1 is 1.09 bits per heavy atom. The van der Waals surface area contributed by atoms with Gasteiger partial charge in [-0.05, 0) is 51.2 Å². The summed E-state index contributed by atoms with van der Waals surface area (Å²) in [5.74, 6) is 0.980. The van der Waals surface area contributed by atoms with Crippen molar-refractivity contribution >= 4 is 0 Å². The van der Waals surface area contributed by atoms with E-state index in [-0.39, 0.29) is 6.10 Å². The summed E-state index contributed by atoms with van der Waals surface area (Å²) in [5, 5.41) is 0. The average molecular weight is 310 g/mol. The van der Waals surface area contributed by atoms with Crippen LogP contribution >= 0.6 is 0 Å². The summed E-state index contributed by atoms with van der Waals surface area (Å²) in [6.07, 6.45) is 7.41. The maximum Gasteiger partial charge on any atom is 0.0935 e. The Bertz CT molecular complexity index is 325. The van der Waals surface area contributed by atoms with Gasteiger partial charge in [-0.25, -0.2) is 0 Å². The van der Waals surface area contributed by atoms with Gasteiger partial charge in [-0.3, -0.25) is 4.90 Å². The Morgan fingerprint density at radius 2 is 1.86 bits per heavy atom. The van der Waals surface area contributed by atoms with E-state index in [4.69, 9.17) is 9.47 Å². The van der Waals surface area contributed by atoms with Crippen LogP contribution < -0.4 is 0 Å². The monoisotopic (exact) mass is 310 g/mol. The van der Waals surface area contributed by atoms with Crippen molar-refractivity contribution in [2.24, 2.45) is 5.92 Å². The van der Waals surface area contributed by atoms with Crippen LogP contribution in [0.25, 0.3) is 0 Å². The van der Waals surface area contributed by atoms with Crippen LogP contribution in [-0.2, 0) is 9.47 Å². The molecule has 0 aromatic heterocycles. The Labute approximate surface area is 136 Å². The van der Waals surface area contributed by atoms with Crippen LogP contribution in [0, 0.1) is 5.92 Å². The van der Waals surface area contributed by atoms with Gasteiger partial charge in [0.1, 0.15) is 0 Å². The van der Waals surface area contributed by atoms with Crippen molar-refractivity contribution in [3.63, 3.8) is 0 Å². The number of ether oxygens (including phenoxy) is 2. The minimum atomic E-state index is 0.285. The standard InChI is InChI=1S/C18H34N2O2/c1-3-15-5-7-20(8-6-15)16-11-17(12-16)22-14-18-13-19(4-2)9-10-21-18/h15-18H,3-14H2,1-2H3/t16?,17?,18-/m1/s1. The van der Waals surface area contributed by atoms with Gasteiger partial charge in [0.25, 0.3) is 0 Å². The maximum absolute atomic E-state index is 6.10. The summed E-state index contributed by atoms with van der Waals surface area (Å²) in [6, 6.07) is 0.794. The molecule has 0 bridgehead atoms. The summed E-state index contributed by atoms with van der Waals surface area (Å²) in [5.41, 5.74) is 0. The molecule has 1 atom stereocenters. The van der Waals surface area contributed by atoms with Gasteiger partial charge in [-0.15, -0.1) is 0 Å². The maximum atomic E-state index is 6.10. The molecule has 0 aromatic carbocycles. The molecule has 1 saturated carbocycles. The van der Waals surface area contributed by atoms with E-state index in [0.29, 0.717) is 6.10 Å². The van der Waals surface area contributed by atoms with Crippen LogP contribution in [0.3, 0.4) is 0 Å². The highest BCUT2D eigenvalue weighted by Gasteiger charge is 2.36. The molecule has 4 nitrogen and oxygen atoms in total. The minimum Gasteiger partial charge on any atom is -0.375 e. The summed E-state index contributed by atoms with van der Waals surface area (Å²) in [4.78, 5) is 5.17. The topological polar surface area (TPSA) is 24.9 Å². The SMILES string of the molecule is CCC1CCN(C2CC(OC[C@H]3CN(CC)CCO3)C2)CC1. The van der Waals surface area contributed by atoms with Gasteiger partial charge >= 0.3 is 0 Å². The molecule has 2 aliphatic heterocycles. The zero-order chi connectivity index (χ0) is 15.4. The molecule has 0 unspecified atom stereocenters. The summed E-state index contributed by atoms with van der Waals surface area (Å²) >= 11 is 0. The van der Waals surface area contributed by atoms with Gasteiger partial charge in [0.15, 0.2) is 0 Å². The summed E-state index contributed by atoms with van der Waals surface area (Å²) in [7, 11) is 0. The second-order valence-electron chi connectivity index (χ2n) is 7.35. The molecule has 0 N–H and O–H groups in total. The van der Waals surface area contributed by atoms with Crippen LogP contribution in [0.15, 0.2) is 0 Å². The number of rotatable bonds is 6. The van der Waals surface area contributed by atoms with Crippen molar-refractivity contribution in [1.29, 1.82) is 0 Å². The largest absolute Gasteiger partial charge is 0.375 e. The van der Waals surface area contributed by atoms with Crippen LogP contribution in [0.5, 0.6) is 0 Å². The number of nitrogens with zero attached hydrogens (tertiary/aromatic N) is 2. The first kappa shape index (κ1) is 16.7. The Morgan fingerprint density at radius 3 is 2.55 bits per heavy atom. The fourth-order valence-corrected chi connectivity index (χ4v) is 4.11. The molecule has 1 aliphatic carbocycles. The lowest BCUT2D eigenvalue weighted by atomic mass is 9.85. The number of hydrogen-bond donors (Lipinski definition) is 0. The third kappa shape index (κ3) is 4.22. The molecule has 128 valence electrons. The summed E-state index contributed by atoms with van der Waals surface area (Å²) in [6.45, 7) is 12.1. The third-order valence-electron chi connectivity index (χ3n) is 6.00. The van der Waals surface area contributed by atoms with Gasteiger partial charge in [-0.2, -0.15) is 0 Å². The Kier molecular flexibility index (Phi) is 6.14. The zero-order valence-corrected chi connectivity index (χ0v) is 14.5. The molecule has 3 rings (SSSR count). The molecule has 4 heteroatoms. The first-order valence-corrected chi connectivity index (χ1v) is 9.48. The van der Waals surface area contributed by atoms with E-state index in [1.165, 1.54) is 45.2 Å². The molecule has 3 aliphatic rings. The normalized spacial score (nSPS) is 35.5. The van der Waals surface area contributed by atoms with Crippen molar-refractivity contribution in [3.8, 4) is 0 Å². The van der Waals surface area contributed by atoms with Crippen LogP contribution in [-0.4, -0.2) is 74.0 Å². The van der Waals surface area contributed by atoms with E-state index in [1.807, 2.05) is 0 Å². The van der Waals surface area contributed by atoms with E-state index >= 15 is 0 Å². The molecule has 2 heterocycles. The number of likely N-dealkylation sites (N-methyl/N-ethyl adjacent to an activating group) is 1. The quantitative estimate of drug-likeness (QED) is 0.752. The van der Waals surface area contributed by atoms with Crippen molar-refractivity contribution < 1.29 is 9.47 Å². The molecular formula is C18H34N2O2. The number of likely N-dealkylation sites (tertiary alicyclic amines) is 1. The van der Waals surface area contributed by atoms with Crippen molar-refractivity contribution in [3.05, 3.63) is 0 Å². The van der Waals surface area contributed by atoms with Gasteiger partial charge in [0.05, 0.1) is 25.4 Å². The van der Waals surface area contributed by atoms with Gasteiger partial charge in [0.2, 0.25) is 0 Å². The van der Waals surface area contributed by atoms with E-state index in [2.05, 4.69) is 23.6 Å². The number of morpholine rings is 1. The highest BCUT2D eigenvalue weighted by atomic mass is 16.5. The molecule has 2 saturated heterocycles. The number of piperidine rings is 1. The first-order chi connectivity index (χ1) is 10.8. The number of hydrogen-bond acceptors (Lipinski definition) is 4. The first-order valence-electron chi connectivity index (χ1n) is 9.48. The Balaban J connectivity index is 1.29. The minimum absolute atomic E-state index is 0.285. The fraction of sp³-hybridized carbons (Fsp3) is 1.00. The predicted octanol–water partition coefficient (Wildman–Crippen LogP) is 2.38. The fourth-order valence-electron chi connectivity index (χ4n) is 4.11. The molecule has 0 aromatic rings. The second kappa shape index (κ2) is 8.09. The molecule has 3 fully saturated rings. The lowest BCUT2D eigenvalue weighted by molar-refractivity contribution is -0.114. The van der Waals surface area contributed by atoms with Gasteiger partial charge in [-0.1, -0.05) is 20.3 Å². The van der Waals surface area contributed by atoms with Crippen LogP contribution in [0.1, 0.15) is 46.0 Å². The predicted molar refractivity (Wildman–Crippen MR) is 89.2 cm³/mol. The third-order valence-corrected chi connectivity index (χ3v) is 6.00. The van der Waals surface area contributed by atoms with Crippen molar-refractivity contribution in [1.82, 2.24) is 9.80 Å². The van der Waals surface area contributed by atoms with E-state index in [0.717, 1.165) is 44.8 Å². The summed E-state index contributed by atoms with van der Waals surface area (Å²) < 4.78 is 11.9. The highest BCUT2D eigenvalue weighted by molar-refractivity contribution is 4.90. The zero-order valence-electron chi connectivity index (χ0n) is 14.5. The molecule has 0 radical (unpaired) electrons. The van der Waals surface area contributed by atoms with Crippen molar-refractivity contribution in [2.75, 3.05) is 45.9 Å². The average Bonchev–Trinajstić information content (AvgIpc) is 2.54. The second-order valence-corrected chi connectivity index (χ2v) is 7.35. The molecule has 0 amide bonds. The van der Waals surface area contributed by atoms with Gasteiger partial charge in [0, 0.05) is 19.1 Å². The molecule has 22 heavy (non-hydrogen) atoms. The lowest BCUT2D eigenvalue weighted by Crippen LogP contribution is -2.52.